The van der Waals surface area contributed by atoms with Gasteiger partial charge in [-0.15, -0.1) is 0 Å². The first-order chi connectivity index (χ1) is 29.5. The van der Waals surface area contributed by atoms with Crippen LogP contribution in [0.3, 0.4) is 0 Å². The SMILES string of the molecule is CC1(C)c2ccccc2-c2ccc(N(c3ccc(-c4ccc5c(c4)c4ccccc4n5-c4ccccc4)cc3)c3ccc4c5ccccc5c5cccc6oc3c4c65)cc21. The molecule has 10 aromatic carbocycles. The molecular weight excluding hydrogens is 729 g/mol. The smallest absolute Gasteiger partial charge is 0.160 e. The Labute approximate surface area is 347 Å². The summed E-state index contributed by atoms with van der Waals surface area (Å²) in [5.74, 6) is 0. The average molecular weight is 767 g/mol. The van der Waals surface area contributed by atoms with E-state index in [0.717, 1.165) is 33.9 Å². The van der Waals surface area contributed by atoms with Crippen LogP contribution in [0.25, 0.3) is 93.2 Å². The molecule has 12 aromatic rings. The Morgan fingerprint density at radius 2 is 1.08 bits per heavy atom. The van der Waals surface area contributed by atoms with Gasteiger partial charge in [0.25, 0.3) is 0 Å². The Bertz CT molecular complexity index is 3680. The van der Waals surface area contributed by atoms with Gasteiger partial charge in [-0.05, 0) is 122 Å². The lowest BCUT2D eigenvalue weighted by Crippen LogP contribution is -2.16. The fraction of sp³-hybridized carbons (Fsp3) is 0.0526. The van der Waals surface area contributed by atoms with Crippen LogP contribution >= 0.6 is 0 Å². The van der Waals surface area contributed by atoms with Gasteiger partial charge < -0.3 is 13.9 Å². The number of furan rings is 1. The van der Waals surface area contributed by atoms with Gasteiger partial charge in [-0.1, -0.05) is 141 Å². The molecule has 2 heterocycles. The minimum Gasteiger partial charge on any atom is -0.454 e. The van der Waals surface area contributed by atoms with E-state index in [1.54, 1.807) is 0 Å². The number of anilines is 3. The molecule has 0 atom stereocenters. The number of nitrogens with zero attached hydrogens (tertiary/aromatic N) is 2. The Morgan fingerprint density at radius 3 is 1.92 bits per heavy atom. The van der Waals surface area contributed by atoms with Crippen molar-refractivity contribution in [3.63, 3.8) is 0 Å². The zero-order valence-corrected chi connectivity index (χ0v) is 33.3. The maximum Gasteiger partial charge on any atom is 0.160 e. The zero-order valence-electron chi connectivity index (χ0n) is 33.3. The molecule has 0 aliphatic heterocycles. The molecule has 282 valence electrons. The molecule has 0 fully saturated rings. The van der Waals surface area contributed by atoms with E-state index >= 15 is 0 Å². The third kappa shape index (κ3) is 4.55. The molecule has 0 bridgehead atoms. The molecule has 3 nitrogen and oxygen atoms in total. The maximum atomic E-state index is 6.98. The first kappa shape index (κ1) is 33.4. The molecule has 13 rings (SSSR count). The van der Waals surface area contributed by atoms with Crippen molar-refractivity contribution in [2.45, 2.75) is 19.3 Å². The van der Waals surface area contributed by atoms with Crippen molar-refractivity contribution in [1.29, 1.82) is 0 Å². The standard InChI is InChI=1S/C57H38N2O/c1-57(2)48-20-10-8-17-42(48)43-29-28-39(34-49(43)57)58(52-32-30-46-41-16-7-6-15-40(41)45-19-12-22-53-54(45)55(46)56(52)60-53)38-26-23-35(24-27-38)36-25-31-51-47(33-36)44-18-9-11-21-50(44)59(51)37-13-4-3-5-14-37/h3-34H,1-2H3. The summed E-state index contributed by atoms with van der Waals surface area (Å²) in [7, 11) is 0. The predicted molar refractivity (Wildman–Crippen MR) is 252 cm³/mol. The van der Waals surface area contributed by atoms with Crippen LogP contribution < -0.4 is 4.90 Å². The molecule has 0 N–H and O–H groups in total. The van der Waals surface area contributed by atoms with Crippen LogP contribution in [0.4, 0.5) is 17.1 Å². The summed E-state index contributed by atoms with van der Waals surface area (Å²) in [5, 5.41) is 9.79. The van der Waals surface area contributed by atoms with Gasteiger partial charge in [-0.2, -0.15) is 0 Å². The summed E-state index contributed by atoms with van der Waals surface area (Å²) in [4.78, 5) is 2.40. The number of para-hydroxylation sites is 2. The van der Waals surface area contributed by atoms with Gasteiger partial charge in [0.1, 0.15) is 5.58 Å². The molecule has 0 saturated carbocycles. The number of hydrogen-bond donors (Lipinski definition) is 0. The van der Waals surface area contributed by atoms with Crippen molar-refractivity contribution in [2.24, 2.45) is 0 Å². The molecule has 0 radical (unpaired) electrons. The lowest BCUT2D eigenvalue weighted by Gasteiger charge is -2.28. The highest BCUT2D eigenvalue weighted by molar-refractivity contribution is 6.34. The van der Waals surface area contributed by atoms with Crippen molar-refractivity contribution in [3.8, 4) is 27.9 Å². The second-order valence-electron chi connectivity index (χ2n) is 16.9. The normalized spacial score (nSPS) is 13.3. The lowest BCUT2D eigenvalue weighted by molar-refractivity contribution is 0.660. The summed E-state index contributed by atoms with van der Waals surface area (Å²) in [6.07, 6.45) is 0. The van der Waals surface area contributed by atoms with E-state index in [-0.39, 0.29) is 5.41 Å². The van der Waals surface area contributed by atoms with Crippen LogP contribution in [0, 0.1) is 0 Å². The quantitative estimate of drug-likeness (QED) is 0.163. The number of hydrogen-bond acceptors (Lipinski definition) is 2. The molecule has 0 amide bonds. The third-order valence-corrected chi connectivity index (χ3v) is 13.3. The maximum absolute atomic E-state index is 6.98. The van der Waals surface area contributed by atoms with Gasteiger partial charge in [0.2, 0.25) is 0 Å². The molecule has 0 spiro atoms. The van der Waals surface area contributed by atoms with Crippen molar-refractivity contribution in [1.82, 2.24) is 4.57 Å². The molecular formula is C57H38N2O. The van der Waals surface area contributed by atoms with Gasteiger partial charge >= 0.3 is 0 Å². The minimum atomic E-state index is -0.141. The Balaban J connectivity index is 1.00. The van der Waals surface area contributed by atoms with E-state index in [1.807, 2.05) is 0 Å². The fourth-order valence-electron chi connectivity index (χ4n) is 10.6. The highest BCUT2D eigenvalue weighted by atomic mass is 16.3. The molecule has 2 aromatic heterocycles. The predicted octanol–water partition coefficient (Wildman–Crippen LogP) is 15.9. The second kappa shape index (κ2) is 12.2. The fourth-order valence-corrected chi connectivity index (χ4v) is 10.6. The van der Waals surface area contributed by atoms with Crippen LogP contribution in [0.15, 0.2) is 199 Å². The van der Waals surface area contributed by atoms with E-state index < -0.39 is 0 Å². The van der Waals surface area contributed by atoms with Crippen molar-refractivity contribution < 1.29 is 4.42 Å². The van der Waals surface area contributed by atoms with E-state index in [2.05, 4.69) is 217 Å². The van der Waals surface area contributed by atoms with E-state index in [0.29, 0.717) is 0 Å². The molecule has 1 aliphatic rings. The van der Waals surface area contributed by atoms with Gasteiger partial charge in [-0.25, -0.2) is 0 Å². The summed E-state index contributed by atoms with van der Waals surface area (Å²) in [6, 6.07) is 71.0. The summed E-state index contributed by atoms with van der Waals surface area (Å²) in [5.41, 5.74) is 16.1. The second-order valence-corrected chi connectivity index (χ2v) is 16.9. The van der Waals surface area contributed by atoms with E-state index in [4.69, 9.17) is 4.42 Å². The van der Waals surface area contributed by atoms with E-state index in [1.165, 1.54) is 87.5 Å². The molecule has 1 aliphatic carbocycles. The van der Waals surface area contributed by atoms with Crippen molar-refractivity contribution in [2.75, 3.05) is 4.90 Å². The van der Waals surface area contributed by atoms with Crippen molar-refractivity contribution >= 4 is 82.4 Å². The Hall–Kier alpha value is -7.62. The molecule has 3 heteroatoms. The monoisotopic (exact) mass is 766 g/mol. The molecule has 0 saturated heterocycles. The van der Waals surface area contributed by atoms with Crippen molar-refractivity contribution in [3.05, 3.63) is 205 Å². The number of benzene rings is 10. The van der Waals surface area contributed by atoms with Crippen LogP contribution in [0.1, 0.15) is 25.0 Å². The number of rotatable bonds is 5. The van der Waals surface area contributed by atoms with Gasteiger partial charge in [0.15, 0.2) is 5.58 Å². The average Bonchev–Trinajstić information content (AvgIpc) is 3.93. The number of fused-ring (bicyclic) bond motifs is 9. The number of aromatic nitrogens is 1. The highest BCUT2D eigenvalue weighted by Crippen LogP contribution is 2.52. The van der Waals surface area contributed by atoms with Crippen LogP contribution in [0.2, 0.25) is 0 Å². The summed E-state index contributed by atoms with van der Waals surface area (Å²) >= 11 is 0. The first-order valence-electron chi connectivity index (χ1n) is 20.8. The highest BCUT2D eigenvalue weighted by Gasteiger charge is 2.36. The van der Waals surface area contributed by atoms with Crippen LogP contribution in [-0.4, -0.2) is 4.57 Å². The topological polar surface area (TPSA) is 21.3 Å². The first-order valence-corrected chi connectivity index (χ1v) is 20.8. The zero-order chi connectivity index (χ0) is 39.7. The lowest BCUT2D eigenvalue weighted by atomic mass is 9.82. The van der Waals surface area contributed by atoms with Gasteiger partial charge in [0, 0.05) is 44.0 Å². The summed E-state index contributed by atoms with van der Waals surface area (Å²) < 4.78 is 9.36. The van der Waals surface area contributed by atoms with Gasteiger partial charge in [0.05, 0.1) is 16.7 Å². The Kier molecular flexibility index (Phi) is 6.78. The van der Waals surface area contributed by atoms with E-state index in [9.17, 15) is 0 Å². The van der Waals surface area contributed by atoms with Crippen LogP contribution in [-0.2, 0) is 5.41 Å². The largest absolute Gasteiger partial charge is 0.454 e. The third-order valence-electron chi connectivity index (χ3n) is 13.3. The minimum absolute atomic E-state index is 0.141. The Morgan fingerprint density at radius 1 is 0.433 bits per heavy atom. The van der Waals surface area contributed by atoms with Gasteiger partial charge in [-0.3, -0.25) is 0 Å². The molecule has 60 heavy (non-hydrogen) atoms. The molecule has 0 unspecified atom stereocenters. The van der Waals surface area contributed by atoms with Crippen LogP contribution in [0.5, 0.6) is 0 Å². The summed E-state index contributed by atoms with van der Waals surface area (Å²) in [6.45, 7) is 4.71.